The van der Waals surface area contributed by atoms with Crippen LogP contribution in [0, 0.1) is 0 Å². The van der Waals surface area contributed by atoms with Gasteiger partial charge in [0.25, 0.3) is 0 Å². The van der Waals surface area contributed by atoms with Crippen molar-refractivity contribution in [3.05, 3.63) is 107 Å². The van der Waals surface area contributed by atoms with E-state index in [4.69, 9.17) is 0 Å². The first-order valence-electron chi connectivity index (χ1n) is 9.83. The summed E-state index contributed by atoms with van der Waals surface area (Å²) in [6.45, 7) is 7.11. The van der Waals surface area contributed by atoms with Gasteiger partial charge in [-0.3, -0.25) is 0 Å². The maximum atomic E-state index is 11.3. The summed E-state index contributed by atoms with van der Waals surface area (Å²) in [5.41, 5.74) is 0.955. The second-order valence-corrected chi connectivity index (χ2v) is 15.7. The van der Waals surface area contributed by atoms with Gasteiger partial charge in [0.2, 0.25) is 0 Å². The Balaban J connectivity index is 1.97. The summed E-state index contributed by atoms with van der Waals surface area (Å²) in [4.78, 5) is 2.42. The molecule has 3 rings (SSSR count). The highest BCUT2D eigenvalue weighted by molar-refractivity contribution is 8.05. The molecule has 0 fully saturated rings. The summed E-state index contributed by atoms with van der Waals surface area (Å²) in [5, 5.41) is 11.2. The van der Waals surface area contributed by atoms with Gasteiger partial charge in [-0.1, -0.05) is 104 Å². The molecule has 1 nitrogen and oxygen atoms in total. The summed E-state index contributed by atoms with van der Waals surface area (Å²) >= 11 is 3.57. The lowest BCUT2D eigenvalue weighted by Gasteiger charge is -2.26. The van der Waals surface area contributed by atoms with Crippen LogP contribution in [0.3, 0.4) is 0 Å². The Labute approximate surface area is 184 Å². The minimum atomic E-state index is -1.60. The van der Waals surface area contributed by atoms with E-state index in [1.807, 2.05) is 48.2 Å². The molecular formula is C25H28OS2Si. The predicted molar refractivity (Wildman–Crippen MR) is 131 cm³/mol. The molecule has 0 saturated carbocycles. The lowest BCUT2D eigenvalue weighted by Crippen LogP contribution is -2.24. The first-order chi connectivity index (χ1) is 13.9. The van der Waals surface area contributed by atoms with Crippen molar-refractivity contribution in [3.63, 3.8) is 0 Å². The molecule has 0 spiro atoms. The lowest BCUT2D eigenvalue weighted by atomic mass is 10.1. The molecule has 0 aliphatic carbocycles. The van der Waals surface area contributed by atoms with Crippen LogP contribution in [0.25, 0.3) is 0 Å². The monoisotopic (exact) mass is 436 g/mol. The first-order valence-corrected chi connectivity index (χ1v) is 15.0. The Morgan fingerprint density at radius 3 is 1.76 bits per heavy atom. The molecule has 0 amide bonds. The maximum Gasteiger partial charge on any atom is 0.0947 e. The topological polar surface area (TPSA) is 20.2 Å². The minimum absolute atomic E-state index is 0.0577. The van der Waals surface area contributed by atoms with Crippen molar-refractivity contribution >= 4 is 31.6 Å². The zero-order chi connectivity index (χ0) is 20.7. The zero-order valence-electron chi connectivity index (χ0n) is 17.2. The lowest BCUT2D eigenvalue weighted by molar-refractivity contribution is 0.186. The molecule has 4 heteroatoms. The highest BCUT2D eigenvalue weighted by atomic mass is 32.2. The third-order valence-corrected chi connectivity index (χ3v) is 10.4. The van der Waals surface area contributed by atoms with Gasteiger partial charge in [-0.25, -0.2) is 0 Å². The van der Waals surface area contributed by atoms with Crippen molar-refractivity contribution in [2.24, 2.45) is 0 Å². The fraction of sp³-hybridized carbons (Fsp3) is 0.200. The molecule has 0 radical (unpaired) electrons. The van der Waals surface area contributed by atoms with Crippen molar-refractivity contribution in [3.8, 4) is 0 Å². The van der Waals surface area contributed by atoms with Gasteiger partial charge >= 0.3 is 0 Å². The summed E-state index contributed by atoms with van der Waals surface area (Å²) in [6.07, 6.45) is 1.75. The van der Waals surface area contributed by atoms with Crippen LogP contribution in [0.15, 0.2) is 111 Å². The standard InChI is InChI=1S/C25H28OS2Si/c1-29(2,3)24(28-22-17-11-6-12-18-22)19-23(27-21-15-9-5-10-16-21)25(26)20-13-7-4-8-14-20/h4-19,23,25-26H,1-3H3/b24-19+. The van der Waals surface area contributed by atoms with E-state index in [2.05, 4.69) is 80.3 Å². The molecule has 0 aliphatic heterocycles. The van der Waals surface area contributed by atoms with Crippen LogP contribution in [0.4, 0.5) is 0 Å². The molecule has 0 saturated heterocycles. The fourth-order valence-corrected chi connectivity index (χ4v) is 7.23. The van der Waals surface area contributed by atoms with Crippen LogP contribution in [0.5, 0.6) is 0 Å². The molecule has 2 unspecified atom stereocenters. The smallest absolute Gasteiger partial charge is 0.0947 e. The molecule has 2 atom stereocenters. The van der Waals surface area contributed by atoms with E-state index in [1.165, 1.54) is 14.3 Å². The predicted octanol–water partition coefficient (Wildman–Crippen LogP) is 7.43. The van der Waals surface area contributed by atoms with Gasteiger partial charge in [-0.15, -0.1) is 11.8 Å². The highest BCUT2D eigenvalue weighted by Gasteiger charge is 2.26. The molecule has 1 N–H and O–H groups in total. The Bertz CT molecular complexity index is 906. The third kappa shape index (κ3) is 6.64. The van der Waals surface area contributed by atoms with Gasteiger partial charge in [0.05, 0.1) is 19.4 Å². The van der Waals surface area contributed by atoms with Crippen molar-refractivity contribution < 1.29 is 5.11 Å². The van der Waals surface area contributed by atoms with Gasteiger partial charge in [0, 0.05) is 9.79 Å². The second kappa shape index (κ2) is 10.3. The van der Waals surface area contributed by atoms with Gasteiger partial charge in [-0.2, -0.15) is 0 Å². The minimum Gasteiger partial charge on any atom is -0.387 e. The van der Waals surface area contributed by atoms with Crippen LogP contribution < -0.4 is 0 Å². The van der Waals surface area contributed by atoms with E-state index in [0.717, 1.165) is 5.56 Å². The third-order valence-electron chi connectivity index (χ3n) is 4.49. The van der Waals surface area contributed by atoms with E-state index in [-0.39, 0.29) is 5.25 Å². The SMILES string of the molecule is C[Si](C)(C)/C(=C/C(Sc1ccccc1)C(O)c1ccccc1)Sc1ccccc1. The van der Waals surface area contributed by atoms with Crippen molar-refractivity contribution in [2.45, 2.75) is 40.8 Å². The number of aliphatic hydroxyl groups is 1. The summed E-state index contributed by atoms with van der Waals surface area (Å²) in [5.74, 6) is 0. The normalized spacial score (nSPS) is 14.4. The number of hydrogen-bond acceptors (Lipinski definition) is 3. The Kier molecular flexibility index (Phi) is 7.84. The second-order valence-electron chi connectivity index (χ2n) is 7.95. The fourth-order valence-electron chi connectivity index (χ4n) is 2.89. The maximum absolute atomic E-state index is 11.3. The van der Waals surface area contributed by atoms with Gasteiger partial charge in [-0.05, 0) is 34.4 Å². The number of aliphatic hydroxyl groups excluding tert-OH is 1. The van der Waals surface area contributed by atoms with E-state index in [0.29, 0.717) is 0 Å². The van der Waals surface area contributed by atoms with E-state index < -0.39 is 14.2 Å². The molecule has 3 aromatic rings. The van der Waals surface area contributed by atoms with E-state index >= 15 is 0 Å². The molecule has 29 heavy (non-hydrogen) atoms. The van der Waals surface area contributed by atoms with Crippen LogP contribution in [-0.4, -0.2) is 18.4 Å². The van der Waals surface area contributed by atoms with Crippen LogP contribution in [-0.2, 0) is 0 Å². The van der Waals surface area contributed by atoms with Crippen molar-refractivity contribution in [2.75, 3.05) is 0 Å². The van der Waals surface area contributed by atoms with Crippen LogP contribution in [0.1, 0.15) is 11.7 Å². The average molecular weight is 437 g/mol. The van der Waals surface area contributed by atoms with Crippen LogP contribution in [0.2, 0.25) is 19.6 Å². The number of rotatable bonds is 8. The Morgan fingerprint density at radius 2 is 1.24 bits per heavy atom. The van der Waals surface area contributed by atoms with Gasteiger partial charge < -0.3 is 5.11 Å². The average Bonchev–Trinajstić information content (AvgIpc) is 2.73. The summed E-state index contributed by atoms with van der Waals surface area (Å²) in [6, 6.07) is 30.9. The molecule has 150 valence electrons. The zero-order valence-corrected chi connectivity index (χ0v) is 19.8. The van der Waals surface area contributed by atoms with Crippen molar-refractivity contribution in [1.29, 1.82) is 0 Å². The molecule has 0 aromatic heterocycles. The Hall–Kier alpha value is -1.72. The largest absolute Gasteiger partial charge is 0.387 e. The number of benzene rings is 3. The quantitative estimate of drug-likeness (QED) is 0.293. The van der Waals surface area contributed by atoms with Gasteiger partial charge in [0.1, 0.15) is 0 Å². The molecule has 0 heterocycles. The molecule has 0 aliphatic rings. The molecule has 3 aromatic carbocycles. The van der Waals surface area contributed by atoms with E-state index in [9.17, 15) is 5.11 Å². The van der Waals surface area contributed by atoms with Crippen LogP contribution >= 0.6 is 23.5 Å². The molecular weight excluding hydrogens is 408 g/mol. The Morgan fingerprint density at radius 1 is 0.759 bits per heavy atom. The van der Waals surface area contributed by atoms with Gasteiger partial charge in [0.15, 0.2) is 0 Å². The summed E-state index contributed by atoms with van der Waals surface area (Å²) in [7, 11) is -1.60. The number of thioether (sulfide) groups is 2. The molecule has 0 bridgehead atoms. The highest BCUT2D eigenvalue weighted by Crippen LogP contribution is 2.39. The van der Waals surface area contributed by atoms with Crippen molar-refractivity contribution in [1.82, 2.24) is 0 Å². The summed E-state index contributed by atoms with van der Waals surface area (Å²) < 4.78 is 1.40. The van der Waals surface area contributed by atoms with E-state index in [1.54, 1.807) is 11.8 Å². The number of hydrogen-bond donors (Lipinski definition) is 1. The first kappa shape index (κ1) is 22.0.